The molecule has 0 aromatic heterocycles. The van der Waals surface area contributed by atoms with Crippen molar-refractivity contribution in [3.05, 3.63) is 23.8 Å². The molecule has 56 valence electrons. The zero-order valence-electron chi connectivity index (χ0n) is 5.84. The summed E-state index contributed by atoms with van der Waals surface area (Å²) in [6.07, 6.45) is 8.61. The van der Waals surface area contributed by atoms with Crippen molar-refractivity contribution in [3.8, 4) is 0 Å². The van der Waals surface area contributed by atoms with Crippen LogP contribution in [0.3, 0.4) is 0 Å². The Kier molecular flexibility index (Phi) is 2.26. The summed E-state index contributed by atoms with van der Waals surface area (Å²) in [4.78, 5) is 10.4. The van der Waals surface area contributed by atoms with Crippen LogP contribution in [0, 0.1) is 0 Å². The van der Waals surface area contributed by atoms with E-state index in [-0.39, 0.29) is 7.33 Å². The minimum absolute atomic E-state index is 0. The number of allylic oxidation sites excluding steroid dienone is 3. The maximum atomic E-state index is 10.4. The van der Waals surface area contributed by atoms with Crippen molar-refractivity contribution in [2.45, 2.75) is 19.3 Å². The maximum Gasteiger partial charge on any atom is 0.221 e. The minimum Gasteiger partial charge on any atom is -0.369 e. The lowest BCUT2D eigenvalue weighted by Crippen LogP contribution is -2.10. The summed E-state index contributed by atoms with van der Waals surface area (Å²) in [5.41, 5.74) is 6.06. The third-order valence-electron chi connectivity index (χ3n) is 1.45. The van der Waals surface area contributed by atoms with E-state index < -0.39 is 0 Å². The van der Waals surface area contributed by atoms with Crippen LogP contribution in [0.25, 0.3) is 0 Å². The van der Waals surface area contributed by atoms with Gasteiger partial charge in [0.1, 0.15) is 0 Å². The van der Waals surface area contributed by atoms with Gasteiger partial charge in [-0.25, -0.2) is 0 Å². The van der Waals surface area contributed by atoms with Crippen molar-refractivity contribution in [1.29, 1.82) is 0 Å². The summed E-state index contributed by atoms with van der Waals surface area (Å²) in [5.74, 6) is -0.252. The third kappa shape index (κ3) is 2.05. The number of primary amides is 1. The van der Waals surface area contributed by atoms with Gasteiger partial charge in [-0.05, 0) is 18.4 Å². The standard InChI is InChI=1S/C8H11NO.H2/c9-8(10)6-7-4-2-1-3-5-7;/h2,4-5H,1,3,6H2,(H2,9,10);1H. The van der Waals surface area contributed by atoms with Crippen LogP contribution in [0.15, 0.2) is 23.8 Å². The van der Waals surface area contributed by atoms with Gasteiger partial charge < -0.3 is 5.73 Å². The van der Waals surface area contributed by atoms with Crippen molar-refractivity contribution >= 4 is 5.91 Å². The highest BCUT2D eigenvalue weighted by Crippen LogP contribution is 2.11. The Morgan fingerprint density at radius 3 is 3.00 bits per heavy atom. The summed E-state index contributed by atoms with van der Waals surface area (Å²) >= 11 is 0. The molecule has 2 heteroatoms. The molecule has 0 saturated heterocycles. The van der Waals surface area contributed by atoms with Crippen LogP contribution in [0.1, 0.15) is 20.7 Å². The van der Waals surface area contributed by atoms with Gasteiger partial charge >= 0.3 is 0 Å². The second-order valence-electron chi connectivity index (χ2n) is 2.40. The Balaban J connectivity index is 0.000001000. The van der Waals surface area contributed by atoms with Crippen molar-refractivity contribution in [3.63, 3.8) is 0 Å². The molecule has 0 aromatic rings. The fourth-order valence-electron chi connectivity index (χ4n) is 1.000. The van der Waals surface area contributed by atoms with E-state index in [1.807, 2.05) is 6.08 Å². The van der Waals surface area contributed by atoms with Gasteiger partial charge in [-0.1, -0.05) is 18.2 Å². The van der Waals surface area contributed by atoms with Crippen LogP contribution < -0.4 is 5.73 Å². The van der Waals surface area contributed by atoms with Gasteiger partial charge in [-0.15, -0.1) is 0 Å². The summed E-state index contributed by atoms with van der Waals surface area (Å²) < 4.78 is 0. The first-order chi connectivity index (χ1) is 4.79. The monoisotopic (exact) mass is 139 g/mol. The highest BCUT2D eigenvalue weighted by molar-refractivity contribution is 5.77. The van der Waals surface area contributed by atoms with Crippen LogP contribution in [-0.2, 0) is 4.79 Å². The van der Waals surface area contributed by atoms with Crippen LogP contribution in [0.4, 0.5) is 0 Å². The second kappa shape index (κ2) is 3.20. The molecular formula is C8H13NO. The van der Waals surface area contributed by atoms with E-state index in [9.17, 15) is 4.79 Å². The molecule has 0 spiro atoms. The molecule has 1 rings (SSSR count). The van der Waals surface area contributed by atoms with Crippen molar-refractivity contribution < 1.29 is 6.22 Å². The Hall–Kier alpha value is -1.05. The average Bonchev–Trinajstić information content (AvgIpc) is 1.88. The molecule has 1 aliphatic rings. The first-order valence-corrected chi connectivity index (χ1v) is 3.43. The zero-order valence-corrected chi connectivity index (χ0v) is 5.84. The Bertz CT molecular complexity index is 196. The fourth-order valence-corrected chi connectivity index (χ4v) is 1.000. The van der Waals surface area contributed by atoms with E-state index in [2.05, 4.69) is 12.2 Å². The van der Waals surface area contributed by atoms with Crippen molar-refractivity contribution in [2.75, 3.05) is 0 Å². The Morgan fingerprint density at radius 2 is 2.50 bits per heavy atom. The molecular weight excluding hydrogens is 126 g/mol. The molecule has 0 heterocycles. The summed E-state index contributed by atoms with van der Waals surface area (Å²) in [7, 11) is 0. The molecule has 1 aliphatic carbocycles. The summed E-state index contributed by atoms with van der Waals surface area (Å²) in [6.45, 7) is 0. The van der Waals surface area contributed by atoms with Gasteiger partial charge in [-0.3, -0.25) is 4.79 Å². The molecule has 0 radical (unpaired) electrons. The number of hydrogen-bond donors (Lipinski definition) is 1. The fraction of sp³-hybridized carbons (Fsp3) is 0.375. The highest BCUT2D eigenvalue weighted by Gasteiger charge is 1.99. The summed E-state index contributed by atoms with van der Waals surface area (Å²) in [6, 6.07) is 0. The van der Waals surface area contributed by atoms with Crippen LogP contribution in [0.2, 0.25) is 0 Å². The Morgan fingerprint density at radius 1 is 1.70 bits per heavy atom. The van der Waals surface area contributed by atoms with Gasteiger partial charge in [0.05, 0.1) is 6.42 Å². The second-order valence-corrected chi connectivity index (χ2v) is 2.40. The molecule has 0 atom stereocenters. The number of nitrogens with two attached hydrogens (primary N) is 1. The predicted octanol–water partition coefficient (Wildman–Crippen LogP) is 1.38. The maximum absolute atomic E-state index is 10.4. The lowest BCUT2D eigenvalue weighted by molar-refractivity contribution is -0.117. The lowest BCUT2D eigenvalue weighted by Gasteiger charge is -2.02. The smallest absolute Gasteiger partial charge is 0.221 e. The highest BCUT2D eigenvalue weighted by atomic mass is 16.1. The molecule has 0 aliphatic heterocycles. The molecule has 2 N–H and O–H groups in total. The minimum atomic E-state index is -0.252. The molecule has 2 nitrogen and oxygen atoms in total. The van der Waals surface area contributed by atoms with Crippen molar-refractivity contribution in [1.82, 2.24) is 0 Å². The summed E-state index contributed by atoms with van der Waals surface area (Å²) in [5, 5.41) is 0. The topological polar surface area (TPSA) is 43.1 Å². The lowest BCUT2D eigenvalue weighted by atomic mass is 10.0. The van der Waals surface area contributed by atoms with Crippen LogP contribution in [-0.4, -0.2) is 5.91 Å². The van der Waals surface area contributed by atoms with E-state index in [1.165, 1.54) is 0 Å². The largest absolute Gasteiger partial charge is 0.369 e. The normalized spacial score (nSPS) is 16.6. The van der Waals surface area contributed by atoms with Crippen molar-refractivity contribution in [2.24, 2.45) is 5.73 Å². The quantitative estimate of drug-likeness (QED) is 0.617. The zero-order chi connectivity index (χ0) is 7.40. The molecule has 10 heavy (non-hydrogen) atoms. The van der Waals surface area contributed by atoms with Crippen LogP contribution >= 0.6 is 0 Å². The predicted molar refractivity (Wildman–Crippen MR) is 42.4 cm³/mol. The number of carbonyl (C=O) groups is 1. The van der Waals surface area contributed by atoms with E-state index in [0.717, 1.165) is 18.4 Å². The average molecular weight is 139 g/mol. The number of hydrogen-bond acceptors (Lipinski definition) is 1. The number of rotatable bonds is 2. The van der Waals surface area contributed by atoms with E-state index in [4.69, 9.17) is 5.73 Å². The first-order valence-electron chi connectivity index (χ1n) is 3.43. The van der Waals surface area contributed by atoms with Gasteiger partial charge in [-0.2, -0.15) is 0 Å². The molecule has 0 bridgehead atoms. The molecule has 0 aromatic carbocycles. The molecule has 0 saturated carbocycles. The molecule has 0 fully saturated rings. The first kappa shape index (κ1) is 7.06. The number of amides is 1. The SMILES string of the molecule is NC(=O)CC1=CCCC=C1.[HH]. The molecule has 1 amide bonds. The molecule has 0 unspecified atom stereocenters. The van der Waals surface area contributed by atoms with E-state index >= 15 is 0 Å². The van der Waals surface area contributed by atoms with Gasteiger partial charge in [0.2, 0.25) is 5.91 Å². The third-order valence-corrected chi connectivity index (χ3v) is 1.45. The Labute approximate surface area is 61.9 Å². The number of carbonyl (C=O) groups excluding carboxylic acids is 1. The van der Waals surface area contributed by atoms with Crippen LogP contribution in [0.5, 0.6) is 0 Å². The van der Waals surface area contributed by atoms with Gasteiger partial charge in [0.15, 0.2) is 0 Å². The van der Waals surface area contributed by atoms with E-state index in [1.54, 1.807) is 0 Å². The van der Waals surface area contributed by atoms with Gasteiger partial charge in [0, 0.05) is 1.43 Å². The van der Waals surface area contributed by atoms with Gasteiger partial charge in [0.25, 0.3) is 0 Å². The van der Waals surface area contributed by atoms with E-state index in [0.29, 0.717) is 6.42 Å².